The predicted octanol–water partition coefficient (Wildman–Crippen LogP) is 1.55. The first-order valence-electron chi connectivity index (χ1n) is 11.2. The summed E-state index contributed by atoms with van der Waals surface area (Å²) in [6.07, 6.45) is 12.1. The number of Topliss-reactive ketones (excluding diaryl/α,β-unsaturated/α-hetero) is 1. The number of allylic oxidation sites excluding steroid dienone is 2. The van der Waals surface area contributed by atoms with Crippen LogP contribution < -0.4 is 5.73 Å². The fourth-order valence-electron chi connectivity index (χ4n) is 3.27. The minimum absolute atomic E-state index is 0.0535. The predicted molar refractivity (Wildman–Crippen MR) is 119 cm³/mol. The van der Waals surface area contributed by atoms with Crippen LogP contribution in [0.4, 0.5) is 0 Å². The lowest BCUT2D eigenvalue weighted by Gasteiger charge is -2.16. The second-order valence-corrected chi connectivity index (χ2v) is 7.99. The summed E-state index contributed by atoms with van der Waals surface area (Å²) in [7, 11) is 0. The molecule has 0 unspecified atom stereocenters. The Hall–Kier alpha value is -1.58. The standard InChI is InChI=1S/C20H32O5.C3H9NO2/c1-2-3-6-9-15(21)12-13-17-16(18(22)14-19(17)23)10-7-4-5-8-11-20(24)25;4-3(1-5)2-6/h4,7,12-13,15-17,19,21,23H,2-3,5-6,8-11,14H2,1H3,(H,24,25);3,5-6H,1-2,4H2/b7-4-,13-12+;/t15-,16+,17+,19+;/m0./s1. The molecule has 1 fully saturated rings. The van der Waals surface area contributed by atoms with Crippen molar-refractivity contribution >= 4 is 11.8 Å². The number of aliphatic hydroxyl groups is 4. The molecule has 0 aromatic heterocycles. The molecule has 4 atom stereocenters. The molecule has 0 saturated heterocycles. The maximum atomic E-state index is 12.1. The fourth-order valence-corrected chi connectivity index (χ4v) is 3.27. The molecule has 8 heteroatoms. The number of carboxylic acids is 1. The molecule has 180 valence electrons. The van der Waals surface area contributed by atoms with E-state index >= 15 is 0 Å². The van der Waals surface area contributed by atoms with Gasteiger partial charge in [0.25, 0.3) is 0 Å². The minimum Gasteiger partial charge on any atom is -0.481 e. The van der Waals surface area contributed by atoms with E-state index in [9.17, 15) is 19.8 Å². The van der Waals surface area contributed by atoms with E-state index < -0.39 is 24.2 Å². The topological polar surface area (TPSA) is 161 Å². The second-order valence-electron chi connectivity index (χ2n) is 7.99. The van der Waals surface area contributed by atoms with Gasteiger partial charge in [0.1, 0.15) is 5.78 Å². The van der Waals surface area contributed by atoms with Gasteiger partial charge >= 0.3 is 5.97 Å². The summed E-state index contributed by atoms with van der Waals surface area (Å²) in [6, 6.07) is -0.454. The van der Waals surface area contributed by atoms with Crippen molar-refractivity contribution in [3.63, 3.8) is 0 Å². The molecular weight excluding hydrogens is 402 g/mol. The van der Waals surface area contributed by atoms with Crippen molar-refractivity contribution in [2.75, 3.05) is 13.2 Å². The van der Waals surface area contributed by atoms with E-state index in [1.165, 1.54) is 0 Å². The SMILES string of the molecule is CCCCC[C@H](O)/C=C/[C@H]1[C@H](O)CC(=O)[C@@H]1C/C=C\CCCC(=O)O.NC(CO)CO. The number of hydrogen-bond donors (Lipinski definition) is 6. The van der Waals surface area contributed by atoms with Gasteiger partial charge < -0.3 is 31.3 Å². The Bertz CT molecular complexity index is 546. The van der Waals surface area contributed by atoms with Crippen LogP contribution in [-0.4, -0.2) is 68.7 Å². The van der Waals surface area contributed by atoms with E-state index in [2.05, 4.69) is 6.92 Å². The molecular formula is C23H41NO7. The van der Waals surface area contributed by atoms with Crippen molar-refractivity contribution in [3.05, 3.63) is 24.3 Å². The van der Waals surface area contributed by atoms with Crippen molar-refractivity contribution in [2.24, 2.45) is 17.6 Å². The van der Waals surface area contributed by atoms with Gasteiger partial charge in [-0.15, -0.1) is 0 Å². The van der Waals surface area contributed by atoms with Gasteiger partial charge in [-0.1, -0.05) is 50.5 Å². The highest BCUT2D eigenvalue weighted by Gasteiger charge is 2.39. The monoisotopic (exact) mass is 443 g/mol. The Morgan fingerprint density at radius 2 is 1.87 bits per heavy atom. The summed E-state index contributed by atoms with van der Waals surface area (Å²) in [6.45, 7) is 1.83. The molecule has 0 aliphatic heterocycles. The van der Waals surface area contributed by atoms with Crippen LogP contribution in [0.25, 0.3) is 0 Å². The van der Waals surface area contributed by atoms with E-state index in [0.717, 1.165) is 19.3 Å². The number of nitrogens with two attached hydrogens (primary N) is 1. The third-order valence-electron chi connectivity index (χ3n) is 5.18. The van der Waals surface area contributed by atoms with Crippen LogP contribution in [-0.2, 0) is 9.59 Å². The third-order valence-corrected chi connectivity index (χ3v) is 5.18. The maximum Gasteiger partial charge on any atom is 0.303 e. The molecule has 0 bridgehead atoms. The number of unbranched alkanes of at least 4 members (excludes halogenated alkanes) is 3. The molecule has 0 heterocycles. The Balaban J connectivity index is 0.00000131. The summed E-state index contributed by atoms with van der Waals surface area (Å²) in [4.78, 5) is 22.5. The summed E-state index contributed by atoms with van der Waals surface area (Å²) >= 11 is 0. The lowest BCUT2D eigenvalue weighted by Crippen LogP contribution is -2.27. The molecule has 7 N–H and O–H groups in total. The fraction of sp³-hybridized carbons (Fsp3) is 0.739. The molecule has 0 aromatic rings. The first-order chi connectivity index (χ1) is 14.8. The quantitative estimate of drug-likeness (QED) is 0.174. The number of ketones is 1. The van der Waals surface area contributed by atoms with Crippen molar-refractivity contribution < 1.29 is 35.1 Å². The summed E-state index contributed by atoms with van der Waals surface area (Å²) in [5.74, 6) is -1.26. The zero-order valence-corrected chi connectivity index (χ0v) is 18.6. The highest BCUT2D eigenvalue weighted by Crippen LogP contribution is 2.33. The molecule has 0 amide bonds. The zero-order chi connectivity index (χ0) is 23.6. The average molecular weight is 444 g/mol. The largest absolute Gasteiger partial charge is 0.481 e. The van der Waals surface area contributed by atoms with Gasteiger partial charge in [-0.3, -0.25) is 9.59 Å². The van der Waals surface area contributed by atoms with Crippen molar-refractivity contribution in [3.8, 4) is 0 Å². The molecule has 1 saturated carbocycles. The average Bonchev–Trinajstić information content (AvgIpc) is 3.01. The second kappa shape index (κ2) is 18.0. The molecule has 0 spiro atoms. The van der Waals surface area contributed by atoms with E-state index in [0.29, 0.717) is 25.7 Å². The molecule has 1 aliphatic carbocycles. The van der Waals surface area contributed by atoms with Crippen molar-refractivity contribution in [1.82, 2.24) is 0 Å². The normalized spacial score (nSPS) is 22.3. The molecule has 0 aromatic carbocycles. The van der Waals surface area contributed by atoms with Gasteiger partial charge in [0.15, 0.2) is 0 Å². The van der Waals surface area contributed by atoms with Gasteiger partial charge in [0, 0.05) is 24.7 Å². The van der Waals surface area contributed by atoms with Gasteiger partial charge in [-0.25, -0.2) is 0 Å². The van der Waals surface area contributed by atoms with Crippen molar-refractivity contribution in [2.45, 2.75) is 83.0 Å². The Kier molecular flexibility index (Phi) is 17.1. The van der Waals surface area contributed by atoms with Crippen LogP contribution in [0.5, 0.6) is 0 Å². The number of carboxylic acid groups (broad SMARTS) is 1. The molecule has 8 nitrogen and oxygen atoms in total. The molecule has 0 radical (unpaired) electrons. The minimum atomic E-state index is -0.801. The number of carbonyl (C=O) groups excluding carboxylic acids is 1. The van der Waals surface area contributed by atoms with Crippen LogP contribution >= 0.6 is 0 Å². The van der Waals surface area contributed by atoms with Crippen LogP contribution in [0.1, 0.15) is 64.7 Å². The van der Waals surface area contributed by atoms with Crippen LogP contribution in [0.15, 0.2) is 24.3 Å². The lowest BCUT2D eigenvalue weighted by atomic mass is 9.90. The molecule has 1 rings (SSSR count). The third kappa shape index (κ3) is 14.2. The van der Waals surface area contributed by atoms with E-state index in [4.69, 9.17) is 21.1 Å². The van der Waals surface area contributed by atoms with Crippen LogP contribution in [0, 0.1) is 11.8 Å². The van der Waals surface area contributed by atoms with Gasteiger partial charge in [0.2, 0.25) is 0 Å². The first kappa shape index (κ1) is 29.4. The molecule has 1 aliphatic rings. The Labute approximate surface area is 185 Å². The zero-order valence-electron chi connectivity index (χ0n) is 18.6. The van der Waals surface area contributed by atoms with Crippen LogP contribution in [0.3, 0.4) is 0 Å². The van der Waals surface area contributed by atoms with Gasteiger partial charge in [0.05, 0.1) is 31.5 Å². The van der Waals surface area contributed by atoms with Crippen molar-refractivity contribution in [1.29, 1.82) is 0 Å². The lowest BCUT2D eigenvalue weighted by molar-refractivity contribution is -0.137. The first-order valence-corrected chi connectivity index (χ1v) is 11.2. The Morgan fingerprint density at radius 1 is 1.19 bits per heavy atom. The van der Waals surface area contributed by atoms with Crippen LogP contribution in [0.2, 0.25) is 0 Å². The number of hydrogen-bond acceptors (Lipinski definition) is 7. The summed E-state index contributed by atoms with van der Waals surface area (Å²) in [5, 5.41) is 44.8. The Morgan fingerprint density at radius 3 is 2.42 bits per heavy atom. The molecule has 31 heavy (non-hydrogen) atoms. The highest BCUT2D eigenvalue weighted by atomic mass is 16.4. The van der Waals surface area contributed by atoms with Gasteiger partial charge in [-0.05, 0) is 25.7 Å². The van der Waals surface area contributed by atoms with E-state index in [-0.39, 0.29) is 43.7 Å². The number of aliphatic carboxylic acids is 1. The summed E-state index contributed by atoms with van der Waals surface area (Å²) in [5.41, 5.74) is 4.97. The number of aliphatic hydroxyl groups excluding tert-OH is 4. The van der Waals surface area contributed by atoms with Gasteiger partial charge in [-0.2, -0.15) is 0 Å². The maximum absolute atomic E-state index is 12.1. The van der Waals surface area contributed by atoms with E-state index in [1.54, 1.807) is 12.2 Å². The smallest absolute Gasteiger partial charge is 0.303 e. The van der Waals surface area contributed by atoms with E-state index in [1.807, 2.05) is 12.2 Å². The highest BCUT2D eigenvalue weighted by molar-refractivity contribution is 5.84. The number of rotatable bonds is 14. The summed E-state index contributed by atoms with van der Waals surface area (Å²) < 4.78 is 0. The number of carbonyl (C=O) groups is 2.